The summed E-state index contributed by atoms with van der Waals surface area (Å²) in [6.07, 6.45) is 1.68. The normalized spacial score (nSPS) is 10.7. The van der Waals surface area contributed by atoms with Gasteiger partial charge >= 0.3 is 0 Å². The second kappa shape index (κ2) is 2.80. The van der Waals surface area contributed by atoms with E-state index in [1.54, 1.807) is 17.9 Å². The zero-order valence-electron chi connectivity index (χ0n) is 7.98. The smallest absolute Gasteiger partial charge is 0.269 e. The second-order valence-electron chi connectivity index (χ2n) is 3.16. The van der Waals surface area contributed by atoms with Crippen LogP contribution < -0.4 is 5.73 Å². The predicted octanol–water partition coefficient (Wildman–Crippen LogP) is 0.376. The number of fused-ring (bicyclic) bond motifs is 1. The van der Waals surface area contributed by atoms with E-state index in [4.69, 9.17) is 5.73 Å². The Morgan fingerprint density at radius 1 is 1.57 bits per heavy atom. The Morgan fingerprint density at radius 2 is 2.29 bits per heavy atom. The summed E-state index contributed by atoms with van der Waals surface area (Å²) in [7, 11) is 1.74. The lowest BCUT2D eigenvalue weighted by atomic mass is 10.1. The lowest BCUT2D eigenvalue weighted by Crippen LogP contribution is -2.12. The molecule has 14 heavy (non-hydrogen) atoms. The molecule has 0 radical (unpaired) electrons. The highest BCUT2D eigenvalue weighted by Gasteiger charge is 2.15. The van der Waals surface area contributed by atoms with Crippen molar-refractivity contribution >= 4 is 16.9 Å². The van der Waals surface area contributed by atoms with Crippen LogP contribution in [0.2, 0.25) is 0 Å². The third-order valence-corrected chi connectivity index (χ3v) is 2.17. The van der Waals surface area contributed by atoms with Crippen LogP contribution in [-0.4, -0.2) is 20.7 Å². The minimum absolute atomic E-state index is 0.285. The number of aryl methyl sites for hydroxylation is 2. The first kappa shape index (κ1) is 8.68. The number of aromatic nitrogens is 3. The van der Waals surface area contributed by atoms with Gasteiger partial charge < -0.3 is 5.73 Å². The highest BCUT2D eigenvalue weighted by atomic mass is 16.1. The molecule has 0 fully saturated rings. The number of nitrogens with two attached hydrogens (primary N) is 1. The van der Waals surface area contributed by atoms with Crippen LogP contribution in [0.25, 0.3) is 11.0 Å². The van der Waals surface area contributed by atoms with Crippen molar-refractivity contribution in [3.8, 4) is 0 Å². The van der Waals surface area contributed by atoms with Gasteiger partial charge in [-0.2, -0.15) is 5.10 Å². The molecule has 72 valence electrons. The fourth-order valence-corrected chi connectivity index (χ4v) is 1.50. The molecule has 0 atom stereocenters. The lowest BCUT2D eigenvalue weighted by Gasteiger charge is -1.95. The van der Waals surface area contributed by atoms with Crippen LogP contribution in [-0.2, 0) is 7.05 Å². The average molecular weight is 190 g/mol. The number of carbonyl (C=O) groups excluding carboxylic acids is 1. The molecule has 5 heteroatoms. The number of primary amides is 1. The van der Waals surface area contributed by atoms with E-state index in [0.717, 1.165) is 10.9 Å². The van der Waals surface area contributed by atoms with Gasteiger partial charge in [-0.3, -0.25) is 4.79 Å². The van der Waals surface area contributed by atoms with E-state index < -0.39 is 5.91 Å². The summed E-state index contributed by atoms with van der Waals surface area (Å²) in [6, 6.07) is 1.83. The molecule has 0 aliphatic rings. The molecule has 0 bridgehead atoms. The van der Waals surface area contributed by atoms with E-state index in [1.165, 1.54) is 0 Å². The van der Waals surface area contributed by atoms with Gasteiger partial charge in [-0.15, -0.1) is 0 Å². The van der Waals surface area contributed by atoms with Gasteiger partial charge in [0.1, 0.15) is 0 Å². The van der Waals surface area contributed by atoms with Gasteiger partial charge in [0, 0.05) is 13.2 Å². The summed E-state index contributed by atoms with van der Waals surface area (Å²) in [6.45, 7) is 1.90. The molecular formula is C9H10N4O. The Bertz CT molecular complexity index is 515. The van der Waals surface area contributed by atoms with Crippen LogP contribution in [0.15, 0.2) is 12.3 Å². The fourth-order valence-electron chi connectivity index (χ4n) is 1.50. The van der Waals surface area contributed by atoms with Crippen LogP contribution >= 0.6 is 0 Å². The lowest BCUT2D eigenvalue weighted by molar-refractivity contribution is 0.0996. The van der Waals surface area contributed by atoms with Crippen LogP contribution in [0.4, 0.5) is 0 Å². The number of carbonyl (C=O) groups is 1. The van der Waals surface area contributed by atoms with Gasteiger partial charge in [-0.05, 0) is 18.6 Å². The maximum atomic E-state index is 11.1. The maximum absolute atomic E-state index is 11.1. The monoisotopic (exact) mass is 190 g/mol. The summed E-state index contributed by atoms with van der Waals surface area (Å²) >= 11 is 0. The van der Waals surface area contributed by atoms with E-state index in [0.29, 0.717) is 5.65 Å². The second-order valence-corrected chi connectivity index (χ2v) is 3.16. The molecular weight excluding hydrogens is 180 g/mol. The van der Waals surface area contributed by atoms with E-state index in [1.807, 2.05) is 13.0 Å². The molecule has 5 nitrogen and oxygen atoms in total. The van der Waals surface area contributed by atoms with Crippen LogP contribution in [0.5, 0.6) is 0 Å². The van der Waals surface area contributed by atoms with Gasteiger partial charge in [0.25, 0.3) is 5.91 Å². The average Bonchev–Trinajstić information content (AvgIpc) is 2.46. The molecule has 2 N–H and O–H groups in total. The summed E-state index contributed by atoms with van der Waals surface area (Å²) in [5, 5.41) is 4.77. The van der Waals surface area contributed by atoms with Crippen molar-refractivity contribution in [1.82, 2.24) is 14.8 Å². The molecule has 2 rings (SSSR count). The number of hydrogen-bond acceptors (Lipinski definition) is 3. The minimum Gasteiger partial charge on any atom is -0.364 e. The number of amides is 1. The Kier molecular flexibility index (Phi) is 1.73. The first-order valence-corrected chi connectivity index (χ1v) is 4.19. The highest BCUT2D eigenvalue weighted by molar-refractivity contribution is 6.04. The van der Waals surface area contributed by atoms with E-state index in [-0.39, 0.29) is 5.69 Å². The fraction of sp³-hybridized carbons (Fsp3) is 0.222. The van der Waals surface area contributed by atoms with Gasteiger partial charge in [-0.25, -0.2) is 9.67 Å². The number of hydrogen-bond donors (Lipinski definition) is 1. The molecule has 0 spiro atoms. The van der Waals surface area contributed by atoms with Crippen molar-refractivity contribution in [3.05, 3.63) is 23.5 Å². The third kappa shape index (κ3) is 1.06. The predicted molar refractivity (Wildman–Crippen MR) is 51.8 cm³/mol. The van der Waals surface area contributed by atoms with Crippen LogP contribution in [0, 0.1) is 6.92 Å². The molecule has 0 aliphatic heterocycles. The summed E-state index contributed by atoms with van der Waals surface area (Å²) in [4.78, 5) is 15.2. The molecule has 2 aromatic rings. The minimum atomic E-state index is -0.522. The Hall–Kier alpha value is -1.91. The number of nitrogens with zero attached hydrogens (tertiary/aromatic N) is 3. The molecule has 1 amide bonds. The van der Waals surface area contributed by atoms with Gasteiger partial charge in [0.15, 0.2) is 11.3 Å². The van der Waals surface area contributed by atoms with E-state index in [9.17, 15) is 4.79 Å². The topological polar surface area (TPSA) is 73.8 Å². The molecule has 2 heterocycles. The van der Waals surface area contributed by atoms with E-state index >= 15 is 0 Å². The first-order chi connectivity index (χ1) is 6.61. The molecule has 0 saturated heterocycles. The van der Waals surface area contributed by atoms with Crippen molar-refractivity contribution in [1.29, 1.82) is 0 Å². The third-order valence-electron chi connectivity index (χ3n) is 2.17. The summed E-state index contributed by atoms with van der Waals surface area (Å²) in [5.41, 5.74) is 7.14. The van der Waals surface area contributed by atoms with Crippen molar-refractivity contribution in [2.24, 2.45) is 12.8 Å². The number of rotatable bonds is 1. The molecule has 2 aromatic heterocycles. The SMILES string of the molecule is Cc1ccnc2c1c(C(N)=O)nn2C. The van der Waals surface area contributed by atoms with Crippen LogP contribution in [0.3, 0.4) is 0 Å². The van der Waals surface area contributed by atoms with Gasteiger partial charge in [0.05, 0.1) is 5.39 Å². The largest absolute Gasteiger partial charge is 0.364 e. The zero-order chi connectivity index (χ0) is 10.3. The van der Waals surface area contributed by atoms with Gasteiger partial charge in [-0.1, -0.05) is 0 Å². The highest BCUT2D eigenvalue weighted by Crippen LogP contribution is 2.18. The zero-order valence-corrected chi connectivity index (χ0v) is 7.98. The van der Waals surface area contributed by atoms with Gasteiger partial charge in [0.2, 0.25) is 0 Å². The molecule has 0 saturated carbocycles. The van der Waals surface area contributed by atoms with E-state index in [2.05, 4.69) is 10.1 Å². The Morgan fingerprint density at radius 3 is 2.93 bits per heavy atom. The first-order valence-electron chi connectivity index (χ1n) is 4.19. The quantitative estimate of drug-likeness (QED) is 0.706. The van der Waals surface area contributed by atoms with Crippen molar-refractivity contribution in [2.75, 3.05) is 0 Å². The standard InChI is InChI=1S/C9H10N4O/c1-5-3-4-11-9-6(5)7(8(10)14)12-13(9)2/h3-4H,1-2H3,(H2,10,14). The molecule has 0 aromatic carbocycles. The summed E-state index contributed by atoms with van der Waals surface area (Å²) < 4.78 is 1.56. The molecule has 0 aliphatic carbocycles. The van der Waals surface area contributed by atoms with Crippen molar-refractivity contribution < 1.29 is 4.79 Å². The maximum Gasteiger partial charge on any atom is 0.269 e. The van der Waals surface area contributed by atoms with Crippen LogP contribution in [0.1, 0.15) is 16.1 Å². The number of pyridine rings is 1. The Labute approximate surface area is 80.5 Å². The summed E-state index contributed by atoms with van der Waals surface area (Å²) in [5.74, 6) is -0.522. The molecule has 0 unspecified atom stereocenters. The Balaban J connectivity index is 2.93. The van der Waals surface area contributed by atoms with Crippen molar-refractivity contribution in [3.63, 3.8) is 0 Å². The van der Waals surface area contributed by atoms with Crippen molar-refractivity contribution in [2.45, 2.75) is 6.92 Å².